The minimum atomic E-state index is 0.468. The van der Waals surface area contributed by atoms with E-state index in [0.717, 1.165) is 25.1 Å². The van der Waals surface area contributed by atoms with Crippen LogP contribution in [-0.4, -0.2) is 24.1 Å². The predicted molar refractivity (Wildman–Crippen MR) is 92.9 cm³/mol. The monoisotopic (exact) mass is 447 g/mol. The van der Waals surface area contributed by atoms with E-state index < -0.39 is 0 Å². The Kier molecular flexibility index (Phi) is 5.34. The molecule has 0 bridgehead atoms. The Bertz CT molecular complexity index is 634. The van der Waals surface area contributed by atoms with Gasteiger partial charge in [0.1, 0.15) is 5.82 Å². The molecule has 0 fully saturated rings. The topological polar surface area (TPSA) is 47.0 Å². The van der Waals surface area contributed by atoms with Crippen molar-refractivity contribution in [2.45, 2.75) is 13.5 Å². The number of ether oxygens (including phenoxy) is 1. The Balaban J connectivity index is 2.55. The molecule has 2 aromatic rings. The summed E-state index contributed by atoms with van der Waals surface area (Å²) < 4.78 is 7.25. The number of rotatable bonds is 4. The Morgan fingerprint density at radius 1 is 1.35 bits per heavy atom. The maximum Gasteiger partial charge on any atom is 0.161 e. The Labute approximate surface area is 140 Å². The van der Waals surface area contributed by atoms with Crippen LogP contribution in [-0.2, 0) is 11.3 Å². The Hall–Kier alpha value is -0.730. The van der Waals surface area contributed by atoms with Crippen molar-refractivity contribution in [1.29, 1.82) is 0 Å². The second kappa shape index (κ2) is 6.82. The third-order valence-electron chi connectivity index (χ3n) is 2.87. The predicted octanol–water partition coefficient (Wildman–Crippen LogP) is 4.01. The fourth-order valence-corrected chi connectivity index (χ4v) is 2.80. The highest BCUT2D eigenvalue weighted by Crippen LogP contribution is 2.27. The summed E-state index contributed by atoms with van der Waals surface area (Å²) in [4.78, 5) is 9.18. The van der Waals surface area contributed by atoms with Crippen LogP contribution in [0.1, 0.15) is 11.3 Å². The lowest BCUT2D eigenvalue weighted by Gasteiger charge is -2.11. The van der Waals surface area contributed by atoms with E-state index in [1.54, 1.807) is 7.11 Å². The van der Waals surface area contributed by atoms with E-state index in [4.69, 9.17) is 4.74 Å². The maximum absolute atomic E-state index is 5.21. The zero-order valence-electron chi connectivity index (χ0n) is 11.5. The molecule has 0 aliphatic carbocycles. The van der Waals surface area contributed by atoms with Crippen molar-refractivity contribution in [2.24, 2.45) is 0 Å². The van der Waals surface area contributed by atoms with Gasteiger partial charge in [-0.2, -0.15) is 0 Å². The molecule has 1 heterocycles. The summed E-state index contributed by atoms with van der Waals surface area (Å²) >= 11 is 5.78. The summed E-state index contributed by atoms with van der Waals surface area (Å²) in [5.74, 6) is 1.52. The van der Waals surface area contributed by atoms with Gasteiger partial charge < -0.3 is 10.1 Å². The first-order valence-corrected chi connectivity index (χ1v) is 7.93. The lowest BCUT2D eigenvalue weighted by Crippen LogP contribution is -2.06. The second-order valence-corrected chi connectivity index (χ2v) is 6.24. The molecule has 0 amide bonds. The average molecular weight is 448 g/mol. The summed E-state index contributed by atoms with van der Waals surface area (Å²) in [5.41, 5.74) is 3.05. The number of nitrogens with one attached hydrogen (secondary N) is 1. The van der Waals surface area contributed by atoms with Crippen LogP contribution in [0.4, 0.5) is 5.82 Å². The molecule has 2 rings (SSSR count). The van der Waals surface area contributed by atoms with Crippen LogP contribution < -0.4 is 5.32 Å². The second-order valence-electron chi connectivity index (χ2n) is 4.30. The van der Waals surface area contributed by atoms with Crippen LogP contribution >= 0.6 is 38.5 Å². The van der Waals surface area contributed by atoms with E-state index in [-0.39, 0.29) is 0 Å². The lowest BCUT2D eigenvalue weighted by atomic mass is 10.1. The van der Waals surface area contributed by atoms with Gasteiger partial charge in [-0.25, -0.2) is 9.97 Å². The molecule has 0 saturated heterocycles. The lowest BCUT2D eigenvalue weighted by molar-refractivity contribution is 0.181. The minimum Gasteiger partial charge on any atom is -0.378 e. The van der Waals surface area contributed by atoms with Gasteiger partial charge in [0.2, 0.25) is 0 Å². The largest absolute Gasteiger partial charge is 0.378 e. The zero-order chi connectivity index (χ0) is 14.7. The van der Waals surface area contributed by atoms with E-state index in [1.807, 2.05) is 19.2 Å². The molecule has 0 radical (unpaired) electrons. The van der Waals surface area contributed by atoms with E-state index in [9.17, 15) is 0 Å². The van der Waals surface area contributed by atoms with Crippen molar-refractivity contribution >= 4 is 44.3 Å². The summed E-state index contributed by atoms with van der Waals surface area (Å²) in [7, 11) is 3.52. The molecule has 1 aromatic heterocycles. The molecule has 0 spiro atoms. The quantitative estimate of drug-likeness (QED) is 0.719. The van der Waals surface area contributed by atoms with Crippen molar-refractivity contribution in [3.63, 3.8) is 0 Å². The van der Waals surface area contributed by atoms with E-state index in [2.05, 4.69) is 66.8 Å². The van der Waals surface area contributed by atoms with Crippen LogP contribution in [0.3, 0.4) is 0 Å². The summed E-state index contributed by atoms with van der Waals surface area (Å²) in [6.45, 7) is 2.52. The van der Waals surface area contributed by atoms with Crippen molar-refractivity contribution in [3.8, 4) is 11.4 Å². The summed E-state index contributed by atoms with van der Waals surface area (Å²) in [5, 5.41) is 3.10. The first kappa shape index (κ1) is 15.7. The van der Waals surface area contributed by atoms with Gasteiger partial charge in [0, 0.05) is 24.2 Å². The molecular formula is C14H15BrIN3O. The van der Waals surface area contributed by atoms with Gasteiger partial charge >= 0.3 is 0 Å². The molecule has 0 saturated carbocycles. The molecule has 106 valence electrons. The SMILES string of the molecule is CNc1nc(-c2ccc(C)c(Br)c2)nc(COC)c1I. The van der Waals surface area contributed by atoms with Crippen LogP contribution in [0, 0.1) is 10.5 Å². The number of anilines is 1. The van der Waals surface area contributed by atoms with Gasteiger partial charge in [-0.15, -0.1) is 0 Å². The van der Waals surface area contributed by atoms with Gasteiger partial charge in [0.05, 0.1) is 15.9 Å². The third-order valence-corrected chi connectivity index (χ3v) is 4.86. The smallest absolute Gasteiger partial charge is 0.161 e. The molecule has 6 heteroatoms. The maximum atomic E-state index is 5.21. The van der Waals surface area contributed by atoms with E-state index in [0.29, 0.717) is 12.4 Å². The van der Waals surface area contributed by atoms with Crippen molar-refractivity contribution in [3.05, 3.63) is 37.5 Å². The number of methoxy groups -OCH3 is 1. The van der Waals surface area contributed by atoms with Gasteiger partial charge in [0.15, 0.2) is 5.82 Å². The molecule has 4 nitrogen and oxygen atoms in total. The standard InChI is InChI=1S/C14H15BrIN3O/c1-8-4-5-9(6-10(8)15)13-18-11(7-20-3)12(16)14(17-2)19-13/h4-6H,7H2,1-3H3,(H,17,18,19). The molecular weight excluding hydrogens is 433 g/mol. The zero-order valence-corrected chi connectivity index (χ0v) is 15.2. The minimum absolute atomic E-state index is 0.468. The average Bonchev–Trinajstić information content (AvgIpc) is 2.44. The first-order valence-electron chi connectivity index (χ1n) is 6.06. The number of aryl methyl sites for hydroxylation is 1. The number of benzene rings is 1. The molecule has 0 unspecified atom stereocenters. The fourth-order valence-electron chi connectivity index (χ4n) is 1.75. The number of aromatic nitrogens is 2. The van der Waals surface area contributed by atoms with Crippen LogP contribution in [0.15, 0.2) is 22.7 Å². The van der Waals surface area contributed by atoms with Crippen molar-refractivity contribution in [2.75, 3.05) is 19.5 Å². The summed E-state index contributed by atoms with van der Waals surface area (Å²) in [6.07, 6.45) is 0. The van der Waals surface area contributed by atoms with E-state index >= 15 is 0 Å². The number of hydrogen-bond donors (Lipinski definition) is 1. The van der Waals surface area contributed by atoms with Gasteiger partial charge in [-0.1, -0.05) is 28.1 Å². The van der Waals surface area contributed by atoms with Crippen LogP contribution in [0.25, 0.3) is 11.4 Å². The summed E-state index contributed by atoms with van der Waals surface area (Å²) in [6, 6.07) is 6.11. The number of halogens is 2. The normalized spacial score (nSPS) is 10.7. The number of hydrogen-bond acceptors (Lipinski definition) is 4. The molecule has 0 aliphatic heterocycles. The third kappa shape index (κ3) is 3.29. The van der Waals surface area contributed by atoms with Gasteiger partial charge in [-0.3, -0.25) is 0 Å². The van der Waals surface area contributed by atoms with Gasteiger partial charge in [0.25, 0.3) is 0 Å². The van der Waals surface area contributed by atoms with Crippen molar-refractivity contribution < 1.29 is 4.74 Å². The molecule has 0 atom stereocenters. The highest BCUT2D eigenvalue weighted by atomic mass is 127. The Morgan fingerprint density at radius 3 is 2.70 bits per heavy atom. The molecule has 20 heavy (non-hydrogen) atoms. The highest BCUT2D eigenvalue weighted by Gasteiger charge is 2.13. The molecule has 1 aromatic carbocycles. The van der Waals surface area contributed by atoms with Crippen molar-refractivity contribution in [1.82, 2.24) is 9.97 Å². The Morgan fingerprint density at radius 2 is 2.10 bits per heavy atom. The number of nitrogens with zero attached hydrogens (tertiary/aromatic N) is 2. The highest BCUT2D eigenvalue weighted by molar-refractivity contribution is 14.1. The van der Waals surface area contributed by atoms with Gasteiger partial charge in [-0.05, 0) is 41.1 Å². The van der Waals surface area contributed by atoms with Crippen LogP contribution in [0.5, 0.6) is 0 Å². The molecule has 0 aliphatic rings. The first-order chi connectivity index (χ1) is 9.56. The fraction of sp³-hybridized carbons (Fsp3) is 0.286. The molecule has 1 N–H and O–H groups in total. The van der Waals surface area contributed by atoms with E-state index in [1.165, 1.54) is 5.56 Å². The van der Waals surface area contributed by atoms with Crippen LogP contribution in [0.2, 0.25) is 0 Å².